The van der Waals surface area contributed by atoms with Crippen molar-refractivity contribution in [3.05, 3.63) is 53.3 Å². The number of hydrogen-bond donors (Lipinski definition) is 2. The zero-order valence-electron chi connectivity index (χ0n) is 19.5. The lowest BCUT2D eigenvalue weighted by Gasteiger charge is -2.20. The molecule has 9 nitrogen and oxygen atoms in total. The summed E-state index contributed by atoms with van der Waals surface area (Å²) in [5.74, 6) is 0.538. The molecule has 0 spiro atoms. The number of aliphatic carboxylic acids is 1. The van der Waals surface area contributed by atoms with E-state index in [1.807, 2.05) is 34.0 Å². The quantitative estimate of drug-likeness (QED) is 0.383. The van der Waals surface area contributed by atoms with Gasteiger partial charge in [0.25, 0.3) is 0 Å². The van der Waals surface area contributed by atoms with E-state index < -0.39 is 5.97 Å². The molecule has 0 radical (unpaired) electrons. The molecule has 1 atom stereocenters. The highest BCUT2D eigenvalue weighted by Gasteiger charge is 2.25. The second-order valence-electron chi connectivity index (χ2n) is 8.48. The number of anilines is 3. The highest BCUT2D eigenvalue weighted by Crippen LogP contribution is 2.34. The fourth-order valence-corrected chi connectivity index (χ4v) is 5.13. The summed E-state index contributed by atoms with van der Waals surface area (Å²) in [6, 6.07) is 10.3. The maximum Gasteiger partial charge on any atom is 0.317 e. The lowest BCUT2D eigenvalue weighted by atomic mass is 10.2. The van der Waals surface area contributed by atoms with Gasteiger partial charge in [-0.3, -0.25) is 4.79 Å². The molecule has 11 heteroatoms. The van der Waals surface area contributed by atoms with Crippen LogP contribution >= 0.6 is 11.3 Å². The maximum absolute atomic E-state index is 13.3. The normalized spacial score (nSPS) is 15.7. The van der Waals surface area contributed by atoms with Crippen LogP contribution in [0.3, 0.4) is 0 Å². The van der Waals surface area contributed by atoms with Crippen LogP contribution in [0.5, 0.6) is 0 Å². The van der Waals surface area contributed by atoms with E-state index in [0.717, 1.165) is 58.8 Å². The van der Waals surface area contributed by atoms with E-state index in [1.54, 1.807) is 12.1 Å². The third-order valence-electron chi connectivity index (χ3n) is 6.13. The summed E-state index contributed by atoms with van der Waals surface area (Å²) < 4.78 is 15.2. The first-order chi connectivity index (χ1) is 16.9. The Morgan fingerprint density at radius 1 is 1.26 bits per heavy atom. The van der Waals surface area contributed by atoms with E-state index in [9.17, 15) is 9.18 Å². The number of aryl methyl sites for hydroxylation is 1. The Bertz CT molecular complexity index is 1350. The zero-order valence-corrected chi connectivity index (χ0v) is 20.3. The van der Waals surface area contributed by atoms with E-state index in [4.69, 9.17) is 20.2 Å². The third kappa shape index (κ3) is 4.69. The summed E-state index contributed by atoms with van der Waals surface area (Å²) in [4.78, 5) is 24.6. The highest BCUT2D eigenvalue weighted by atomic mass is 32.1. The monoisotopic (exact) mass is 495 g/mol. The minimum absolute atomic E-state index is 0.0466. The molecule has 0 amide bonds. The van der Waals surface area contributed by atoms with Crippen LogP contribution in [0.2, 0.25) is 0 Å². The van der Waals surface area contributed by atoms with Crippen molar-refractivity contribution >= 4 is 39.7 Å². The molecule has 0 aliphatic carbocycles. The molecule has 3 aromatic heterocycles. The first-order valence-electron chi connectivity index (χ1n) is 11.5. The number of imidazole rings is 1. The predicted octanol–water partition coefficient (Wildman–Crippen LogP) is 3.58. The summed E-state index contributed by atoms with van der Waals surface area (Å²) in [7, 11) is 1.95. The fraction of sp³-hybridized carbons (Fsp3) is 0.333. The van der Waals surface area contributed by atoms with Gasteiger partial charge in [0.1, 0.15) is 11.6 Å². The fourth-order valence-electron chi connectivity index (χ4n) is 4.33. The number of rotatable bonds is 8. The van der Waals surface area contributed by atoms with Gasteiger partial charge < -0.3 is 20.2 Å². The average molecular weight is 496 g/mol. The largest absolute Gasteiger partial charge is 0.480 e. The molecular weight excluding hydrogens is 469 g/mol. The molecule has 2 N–H and O–H groups in total. The second-order valence-corrected chi connectivity index (χ2v) is 9.32. The summed E-state index contributed by atoms with van der Waals surface area (Å²) in [6.07, 6.45) is 1.59. The predicted molar refractivity (Wildman–Crippen MR) is 134 cm³/mol. The van der Waals surface area contributed by atoms with Crippen molar-refractivity contribution in [2.24, 2.45) is 0 Å². The van der Waals surface area contributed by atoms with Crippen molar-refractivity contribution in [3.8, 4) is 11.3 Å². The molecule has 35 heavy (non-hydrogen) atoms. The van der Waals surface area contributed by atoms with Crippen LogP contribution in [0.25, 0.3) is 16.9 Å². The van der Waals surface area contributed by atoms with Crippen LogP contribution in [-0.4, -0.2) is 63.4 Å². The van der Waals surface area contributed by atoms with Gasteiger partial charge in [-0.15, -0.1) is 16.4 Å². The number of benzene rings is 1. The Morgan fingerprint density at radius 2 is 2.06 bits per heavy atom. The number of thiazole rings is 1. The van der Waals surface area contributed by atoms with E-state index in [-0.39, 0.29) is 18.4 Å². The number of nitrogens with one attached hydrogen (secondary N) is 1. The standard InChI is InChI=1S/C24H26FN7O2S/c1-3-18-23(30(2)24-28-19(14-35-24)15-4-6-16(25)7-5-15)32-20(27-18)8-9-21(29-32)31-11-10-17(13-31)26-12-22(33)34/h4-9,14,17,26H,3,10-13H2,1-2H3,(H,33,34). The van der Waals surface area contributed by atoms with Gasteiger partial charge in [-0.25, -0.2) is 14.4 Å². The third-order valence-corrected chi connectivity index (χ3v) is 7.05. The van der Waals surface area contributed by atoms with Gasteiger partial charge in [-0.1, -0.05) is 6.92 Å². The van der Waals surface area contributed by atoms with Crippen LogP contribution in [-0.2, 0) is 11.2 Å². The Hall–Kier alpha value is -3.57. The lowest BCUT2D eigenvalue weighted by molar-refractivity contribution is -0.136. The molecule has 5 rings (SSSR count). The average Bonchev–Trinajstić information content (AvgIpc) is 3.60. The van der Waals surface area contributed by atoms with E-state index >= 15 is 0 Å². The minimum atomic E-state index is -0.856. The topological polar surface area (TPSA) is 98.9 Å². The van der Waals surface area contributed by atoms with Crippen molar-refractivity contribution in [2.45, 2.75) is 25.8 Å². The van der Waals surface area contributed by atoms with E-state index in [0.29, 0.717) is 6.54 Å². The maximum atomic E-state index is 13.3. The zero-order chi connectivity index (χ0) is 24.5. The van der Waals surface area contributed by atoms with Crippen LogP contribution < -0.4 is 15.1 Å². The number of carboxylic acids is 1. The number of fused-ring (bicyclic) bond motifs is 1. The first kappa shape index (κ1) is 23.2. The van der Waals surface area contributed by atoms with Gasteiger partial charge in [0.05, 0.1) is 17.9 Å². The second kappa shape index (κ2) is 9.59. The molecule has 0 saturated carbocycles. The summed E-state index contributed by atoms with van der Waals surface area (Å²) in [6.45, 7) is 3.50. The van der Waals surface area contributed by atoms with Crippen LogP contribution in [0.1, 0.15) is 19.0 Å². The molecular formula is C24H26FN7O2S. The smallest absolute Gasteiger partial charge is 0.317 e. The van der Waals surface area contributed by atoms with Crippen molar-refractivity contribution in [2.75, 3.05) is 36.5 Å². The molecule has 1 aliphatic heterocycles. The lowest BCUT2D eigenvalue weighted by Crippen LogP contribution is -2.36. The number of carbonyl (C=O) groups is 1. The molecule has 1 saturated heterocycles. The van der Waals surface area contributed by atoms with Crippen molar-refractivity contribution in [3.63, 3.8) is 0 Å². The molecule has 1 unspecified atom stereocenters. The molecule has 4 aromatic rings. The summed E-state index contributed by atoms with van der Waals surface area (Å²) in [5, 5.41) is 19.7. The first-order valence-corrected chi connectivity index (χ1v) is 12.3. The van der Waals surface area contributed by atoms with Crippen LogP contribution in [0.4, 0.5) is 21.2 Å². The SMILES string of the molecule is CCc1nc2ccc(N3CCC(NCC(=O)O)C3)nn2c1N(C)c1nc(-c2ccc(F)cc2)cs1. The Balaban J connectivity index is 1.43. The van der Waals surface area contributed by atoms with Gasteiger partial charge >= 0.3 is 5.97 Å². The Morgan fingerprint density at radius 3 is 2.80 bits per heavy atom. The van der Waals surface area contributed by atoms with Gasteiger partial charge in [-0.2, -0.15) is 4.52 Å². The number of carboxylic acid groups (broad SMARTS) is 1. The number of hydrogen-bond acceptors (Lipinski definition) is 8. The number of aromatic nitrogens is 4. The van der Waals surface area contributed by atoms with E-state index in [1.165, 1.54) is 23.5 Å². The molecule has 1 aromatic carbocycles. The van der Waals surface area contributed by atoms with Gasteiger partial charge in [-0.05, 0) is 49.2 Å². The molecule has 0 bridgehead atoms. The summed E-state index contributed by atoms with van der Waals surface area (Å²) >= 11 is 1.51. The van der Waals surface area contributed by atoms with Gasteiger partial charge in [0.2, 0.25) is 0 Å². The number of nitrogens with zero attached hydrogens (tertiary/aromatic N) is 6. The number of halogens is 1. The molecule has 4 heterocycles. The van der Waals surface area contributed by atoms with Gasteiger partial charge in [0, 0.05) is 37.1 Å². The van der Waals surface area contributed by atoms with Crippen molar-refractivity contribution in [1.82, 2.24) is 24.9 Å². The summed E-state index contributed by atoms with van der Waals surface area (Å²) in [5.41, 5.74) is 3.31. The Labute approximate surface area is 205 Å². The van der Waals surface area contributed by atoms with Crippen LogP contribution in [0, 0.1) is 5.82 Å². The van der Waals surface area contributed by atoms with E-state index in [2.05, 4.69) is 17.1 Å². The highest BCUT2D eigenvalue weighted by molar-refractivity contribution is 7.14. The molecule has 1 aliphatic rings. The molecule has 1 fully saturated rings. The van der Waals surface area contributed by atoms with Crippen LogP contribution in [0.15, 0.2) is 41.8 Å². The van der Waals surface area contributed by atoms with Crippen molar-refractivity contribution in [1.29, 1.82) is 0 Å². The van der Waals surface area contributed by atoms with Crippen molar-refractivity contribution < 1.29 is 14.3 Å². The Kier molecular flexibility index (Phi) is 6.35. The minimum Gasteiger partial charge on any atom is -0.480 e. The van der Waals surface area contributed by atoms with Gasteiger partial charge in [0.15, 0.2) is 16.6 Å². The molecule has 182 valence electrons.